The van der Waals surface area contributed by atoms with Crippen LogP contribution in [0, 0.1) is 6.92 Å². The molecule has 0 aliphatic rings. The number of rotatable bonds is 7. The summed E-state index contributed by atoms with van der Waals surface area (Å²) in [6, 6.07) is 17.9. The zero-order chi connectivity index (χ0) is 17.9. The second kappa shape index (κ2) is 9.93. The largest absolute Gasteiger partial charge is 0.351 e. The van der Waals surface area contributed by atoms with Crippen molar-refractivity contribution in [1.29, 1.82) is 0 Å². The van der Waals surface area contributed by atoms with Crippen LogP contribution < -0.4 is 16.0 Å². The van der Waals surface area contributed by atoms with Gasteiger partial charge in [-0.3, -0.25) is 4.79 Å². The van der Waals surface area contributed by atoms with Crippen LogP contribution >= 0.6 is 0 Å². The van der Waals surface area contributed by atoms with E-state index in [4.69, 9.17) is 0 Å². The molecular weight excluding hydrogens is 312 g/mol. The van der Waals surface area contributed by atoms with Crippen molar-refractivity contribution in [3.8, 4) is 0 Å². The highest BCUT2D eigenvalue weighted by Crippen LogP contribution is 2.07. The lowest BCUT2D eigenvalue weighted by Crippen LogP contribution is -2.40. The van der Waals surface area contributed by atoms with Crippen molar-refractivity contribution in [3.05, 3.63) is 78.4 Å². The van der Waals surface area contributed by atoms with Crippen molar-refractivity contribution in [2.45, 2.75) is 13.5 Å². The third-order valence-corrected chi connectivity index (χ3v) is 3.44. The monoisotopic (exact) mass is 336 g/mol. The SMILES string of the molecule is C=CCNC(=O)CNC(=NCc1ccc(C)cc1)Nc1ccccc1. The van der Waals surface area contributed by atoms with Gasteiger partial charge in [0.2, 0.25) is 5.91 Å². The van der Waals surface area contributed by atoms with Gasteiger partial charge in [0.15, 0.2) is 5.96 Å². The fraction of sp³-hybridized carbons (Fsp3) is 0.200. The Bertz CT molecular complexity index is 708. The number of anilines is 1. The molecule has 0 radical (unpaired) electrons. The van der Waals surface area contributed by atoms with Gasteiger partial charge >= 0.3 is 0 Å². The number of para-hydroxylation sites is 1. The molecule has 0 heterocycles. The van der Waals surface area contributed by atoms with Gasteiger partial charge in [-0.1, -0.05) is 54.1 Å². The number of aryl methyl sites for hydroxylation is 1. The van der Waals surface area contributed by atoms with Gasteiger partial charge in [-0.15, -0.1) is 6.58 Å². The molecule has 0 fully saturated rings. The van der Waals surface area contributed by atoms with E-state index in [2.05, 4.69) is 58.7 Å². The Hall–Kier alpha value is -3.08. The molecule has 0 aromatic heterocycles. The number of carbonyl (C=O) groups excluding carboxylic acids is 1. The molecule has 130 valence electrons. The van der Waals surface area contributed by atoms with Crippen LogP contribution in [0.25, 0.3) is 0 Å². The molecule has 0 aliphatic carbocycles. The van der Waals surface area contributed by atoms with Crippen LogP contribution in [-0.2, 0) is 11.3 Å². The minimum Gasteiger partial charge on any atom is -0.351 e. The predicted molar refractivity (Wildman–Crippen MR) is 104 cm³/mol. The Morgan fingerprint density at radius 3 is 2.48 bits per heavy atom. The number of benzene rings is 2. The van der Waals surface area contributed by atoms with E-state index in [0.717, 1.165) is 11.3 Å². The molecular formula is C20H24N4O. The van der Waals surface area contributed by atoms with Gasteiger partial charge in [0.25, 0.3) is 0 Å². The van der Waals surface area contributed by atoms with Crippen LogP contribution in [0.1, 0.15) is 11.1 Å². The average Bonchev–Trinajstić information content (AvgIpc) is 2.64. The van der Waals surface area contributed by atoms with Crippen molar-refractivity contribution < 1.29 is 4.79 Å². The van der Waals surface area contributed by atoms with E-state index >= 15 is 0 Å². The number of aliphatic imine (C=N–C) groups is 1. The molecule has 25 heavy (non-hydrogen) atoms. The highest BCUT2D eigenvalue weighted by Gasteiger charge is 2.04. The topological polar surface area (TPSA) is 65.5 Å². The maximum atomic E-state index is 11.8. The van der Waals surface area contributed by atoms with Crippen molar-refractivity contribution in [1.82, 2.24) is 10.6 Å². The molecule has 1 amide bonds. The molecule has 0 atom stereocenters. The molecule has 0 unspecified atom stereocenters. The third-order valence-electron chi connectivity index (χ3n) is 3.44. The lowest BCUT2D eigenvalue weighted by Gasteiger charge is -2.12. The first-order chi connectivity index (χ1) is 12.2. The zero-order valence-corrected chi connectivity index (χ0v) is 14.5. The molecule has 0 saturated carbocycles. The van der Waals surface area contributed by atoms with Crippen LogP contribution in [0.4, 0.5) is 5.69 Å². The van der Waals surface area contributed by atoms with Crippen molar-refractivity contribution in [2.75, 3.05) is 18.4 Å². The molecule has 5 nitrogen and oxygen atoms in total. The molecule has 2 rings (SSSR count). The molecule has 2 aromatic rings. The Morgan fingerprint density at radius 1 is 1.08 bits per heavy atom. The van der Waals surface area contributed by atoms with Gasteiger partial charge in [0.1, 0.15) is 0 Å². The first-order valence-corrected chi connectivity index (χ1v) is 8.21. The number of hydrogen-bond acceptors (Lipinski definition) is 2. The van der Waals surface area contributed by atoms with E-state index in [1.165, 1.54) is 5.56 Å². The maximum absolute atomic E-state index is 11.8. The molecule has 2 aromatic carbocycles. The predicted octanol–water partition coefficient (Wildman–Crippen LogP) is 2.85. The van der Waals surface area contributed by atoms with Crippen molar-refractivity contribution in [2.24, 2.45) is 4.99 Å². The Labute approximate surface area is 148 Å². The standard InChI is InChI=1S/C20H24N4O/c1-3-13-21-19(25)15-23-20(24-18-7-5-4-6-8-18)22-14-17-11-9-16(2)10-12-17/h3-12H,1,13-15H2,2H3,(H,21,25)(H2,22,23,24). The Balaban J connectivity index is 2.02. The second-order valence-corrected chi connectivity index (χ2v) is 5.59. The Morgan fingerprint density at radius 2 is 1.80 bits per heavy atom. The summed E-state index contributed by atoms with van der Waals surface area (Å²) < 4.78 is 0. The van der Waals surface area contributed by atoms with Gasteiger partial charge in [-0.05, 0) is 24.6 Å². The summed E-state index contributed by atoms with van der Waals surface area (Å²) in [5, 5.41) is 8.99. The summed E-state index contributed by atoms with van der Waals surface area (Å²) >= 11 is 0. The highest BCUT2D eigenvalue weighted by molar-refractivity contribution is 5.95. The van der Waals surface area contributed by atoms with E-state index in [0.29, 0.717) is 19.0 Å². The number of nitrogens with zero attached hydrogens (tertiary/aromatic N) is 1. The fourth-order valence-electron chi connectivity index (χ4n) is 2.07. The van der Waals surface area contributed by atoms with Gasteiger partial charge in [-0.2, -0.15) is 0 Å². The van der Waals surface area contributed by atoms with E-state index in [9.17, 15) is 4.79 Å². The third kappa shape index (κ3) is 6.91. The first kappa shape index (κ1) is 18.3. The summed E-state index contributed by atoms with van der Waals surface area (Å²) in [4.78, 5) is 16.3. The van der Waals surface area contributed by atoms with Gasteiger partial charge in [-0.25, -0.2) is 4.99 Å². The van der Waals surface area contributed by atoms with E-state index in [1.54, 1.807) is 6.08 Å². The van der Waals surface area contributed by atoms with E-state index in [-0.39, 0.29) is 12.5 Å². The molecule has 0 spiro atoms. The summed E-state index contributed by atoms with van der Waals surface area (Å²) in [5.41, 5.74) is 3.23. The number of nitrogens with one attached hydrogen (secondary N) is 3. The summed E-state index contributed by atoms with van der Waals surface area (Å²) in [6.07, 6.45) is 1.65. The van der Waals surface area contributed by atoms with Crippen LogP contribution in [0.2, 0.25) is 0 Å². The number of hydrogen-bond donors (Lipinski definition) is 3. The lowest BCUT2D eigenvalue weighted by atomic mass is 10.1. The van der Waals surface area contributed by atoms with Crippen LogP contribution in [0.5, 0.6) is 0 Å². The van der Waals surface area contributed by atoms with Gasteiger partial charge in [0.05, 0.1) is 13.1 Å². The van der Waals surface area contributed by atoms with Crippen molar-refractivity contribution in [3.63, 3.8) is 0 Å². The second-order valence-electron chi connectivity index (χ2n) is 5.59. The van der Waals surface area contributed by atoms with Gasteiger partial charge in [0, 0.05) is 12.2 Å². The van der Waals surface area contributed by atoms with E-state index in [1.807, 2.05) is 30.3 Å². The smallest absolute Gasteiger partial charge is 0.239 e. The fourth-order valence-corrected chi connectivity index (χ4v) is 2.07. The van der Waals surface area contributed by atoms with Crippen molar-refractivity contribution >= 4 is 17.6 Å². The maximum Gasteiger partial charge on any atom is 0.239 e. The summed E-state index contributed by atoms with van der Waals surface area (Å²) in [5.74, 6) is 0.443. The molecule has 5 heteroatoms. The minimum absolute atomic E-state index is 0.113. The summed E-state index contributed by atoms with van der Waals surface area (Å²) in [7, 11) is 0. The van der Waals surface area contributed by atoms with E-state index < -0.39 is 0 Å². The highest BCUT2D eigenvalue weighted by atomic mass is 16.1. The van der Waals surface area contributed by atoms with Crippen LogP contribution in [-0.4, -0.2) is 25.0 Å². The quantitative estimate of drug-likeness (QED) is 0.414. The first-order valence-electron chi connectivity index (χ1n) is 8.21. The number of carbonyl (C=O) groups is 1. The normalized spacial score (nSPS) is 10.8. The number of guanidine groups is 1. The molecule has 0 saturated heterocycles. The lowest BCUT2D eigenvalue weighted by molar-refractivity contribution is -0.119. The summed E-state index contributed by atoms with van der Waals surface area (Å²) in [6.45, 7) is 6.75. The van der Waals surface area contributed by atoms with Gasteiger partial charge < -0.3 is 16.0 Å². The van der Waals surface area contributed by atoms with Crippen LogP contribution in [0.3, 0.4) is 0 Å². The molecule has 0 bridgehead atoms. The average molecular weight is 336 g/mol. The van der Waals surface area contributed by atoms with Crippen LogP contribution in [0.15, 0.2) is 72.2 Å². The molecule has 3 N–H and O–H groups in total. The number of amides is 1. The zero-order valence-electron chi connectivity index (χ0n) is 14.5. The Kier molecular flexibility index (Phi) is 7.25. The minimum atomic E-state index is -0.113. The molecule has 0 aliphatic heterocycles.